The molecule has 1 aliphatic carbocycles. The second kappa shape index (κ2) is 5.74. The molecule has 3 N–H and O–H groups in total. The van der Waals surface area contributed by atoms with Gasteiger partial charge < -0.3 is 10.8 Å². The zero-order valence-corrected chi connectivity index (χ0v) is 11.5. The molecule has 20 heavy (non-hydrogen) atoms. The van der Waals surface area contributed by atoms with Crippen molar-refractivity contribution in [3.63, 3.8) is 0 Å². The van der Waals surface area contributed by atoms with E-state index < -0.39 is 29.0 Å². The van der Waals surface area contributed by atoms with E-state index in [9.17, 15) is 18.3 Å². The van der Waals surface area contributed by atoms with Crippen LogP contribution in [0.3, 0.4) is 0 Å². The van der Waals surface area contributed by atoms with Gasteiger partial charge in [-0.3, -0.25) is 0 Å². The maximum Gasteiger partial charge on any atom is 0.194 e. The molecule has 1 fully saturated rings. The Balaban J connectivity index is 2.31. The van der Waals surface area contributed by atoms with Crippen molar-refractivity contribution in [1.82, 2.24) is 0 Å². The molecule has 1 atom stereocenters. The fourth-order valence-electron chi connectivity index (χ4n) is 3.01. The van der Waals surface area contributed by atoms with E-state index in [-0.39, 0.29) is 12.1 Å². The average Bonchev–Trinajstić information content (AvgIpc) is 2.45. The molecule has 0 radical (unpaired) electrons. The number of nitrogens with two attached hydrogens (primary N) is 1. The van der Waals surface area contributed by atoms with Gasteiger partial charge in [-0.1, -0.05) is 19.8 Å². The average molecular weight is 287 g/mol. The highest BCUT2D eigenvalue weighted by Gasteiger charge is 2.40. The normalized spacial score (nSPS) is 28.4. The number of hydrogen-bond acceptors (Lipinski definition) is 2. The van der Waals surface area contributed by atoms with Crippen molar-refractivity contribution in [2.75, 3.05) is 6.54 Å². The Morgan fingerprint density at radius 2 is 1.75 bits per heavy atom. The fraction of sp³-hybridized carbons (Fsp3) is 0.600. The largest absolute Gasteiger partial charge is 0.388 e. The standard InChI is InChI=1S/C15H20F3NO/c1-9-2-4-15(8-19,5-3-9)14(20)10-6-11(16)13(18)12(17)7-10/h6-7,9,14,20H,2-5,8,19H2,1H3. The van der Waals surface area contributed by atoms with Crippen LogP contribution in [0.25, 0.3) is 0 Å². The zero-order chi connectivity index (χ0) is 14.9. The van der Waals surface area contributed by atoms with Gasteiger partial charge in [0.2, 0.25) is 0 Å². The van der Waals surface area contributed by atoms with Crippen LogP contribution >= 0.6 is 0 Å². The van der Waals surface area contributed by atoms with Crippen LogP contribution in [-0.2, 0) is 0 Å². The highest BCUT2D eigenvalue weighted by molar-refractivity contribution is 5.23. The number of rotatable bonds is 3. The second-order valence-corrected chi connectivity index (χ2v) is 5.95. The Morgan fingerprint density at radius 3 is 2.20 bits per heavy atom. The molecule has 2 rings (SSSR count). The summed E-state index contributed by atoms with van der Waals surface area (Å²) in [7, 11) is 0. The van der Waals surface area contributed by atoms with E-state index in [0.717, 1.165) is 25.0 Å². The minimum absolute atomic E-state index is 0.0569. The van der Waals surface area contributed by atoms with Crippen LogP contribution in [-0.4, -0.2) is 11.7 Å². The molecule has 1 unspecified atom stereocenters. The second-order valence-electron chi connectivity index (χ2n) is 5.95. The van der Waals surface area contributed by atoms with Gasteiger partial charge in [-0.25, -0.2) is 13.2 Å². The number of aliphatic hydroxyl groups is 1. The van der Waals surface area contributed by atoms with Crippen molar-refractivity contribution < 1.29 is 18.3 Å². The van der Waals surface area contributed by atoms with Gasteiger partial charge in [0.1, 0.15) is 0 Å². The van der Waals surface area contributed by atoms with E-state index >= 15 is 0 Å². The zero-order valence-electron chi connectivity index (χ0n) is 11.5. The minimum Gasteiger partial charge on any atom is -0.388 e. The lowest BCUT2D eigenvalue weighted by atomic mass is 9.66. The van der Waals surface area contributed by atoms with Crippen molar-refractivity contribution in [1.29, 1.82) is 0 Å². The van der Waals surface area contributed by atoms with Crippen LogP contribution in [0, 0.1) is 28.8 Å². The van der Waals surface area contributed by atoms with E-state index in [1.807, 2.05) is 0 Å². The van der Waals surface area contributed by atoms with E-state index in [4.69, 9.17) is 5.73 Å². The smallest absolute Gasteiger partial charge is 0.194 e. The van der Waals surface area contributed by atoms with Gasteiger partial charge in [-0.15, -0.1) is 0 Å². The molecule has 1 aromatic rings. The van der Waals surface area contributed by atoms with Gasteiger partial charge >= 0.3 is 0 Å². The maximum absolute atomic E-state index is 13.3. The van der Waals surface area contributed by atoms with E-state index in [0.29, 0.717) is 18.8 Å². The quantitative estimate of drug-likeness (QED) is 0.838. The molecule has 0 bridgehead atoms. The molecule has 0 spiro atoms. The van der Waals surface area contributed by atoms with Gasteiger partial charge in [0.15, 0.2) is 17.5 Å². The summed E-state index contributed by atoms with van der Waals surface area (Å²) in [5.74, 6) is -3.52. The summed E-state index contributed by atoms with van der Waals surface area (Å²) in [4.78, 5) is 0. The van der Waals surface area contributed by atoms with Gasteiger partial charge in [-0.2, -0.15) is 0 Å². The Labute approximate surface area is 116 Å². The highest BCUT2D eigenvalue weighted by Crippen LogP contribution is 2.47. The number of halogens is 3. The molecular weight excluding hydrogens is 267 g/mol. The monoisotopic (exact) mass is 287 g/mol. The van der Waals surface area contributed by atoms with Gasteiger partial charge in [0.25, 0.3) is 0 Å². The summed E-state index contributed by atoms with van der Waals surface area (Å²) >= 11 is 0. The summed E-state index contributed by atoms with van der Waals surface area (Å²) in [5.41, 5.74) is 5.28. The maximum atomic E-state index is 13.3. The van der Waals surface area contributed by atoms with Crippen LogP contribution < -0.4 is 5.73 Å². The first-order valence-electron chi connectivity index (χ1n) is 6.92. The third kappa shape index (κ3) is 2.69. The fourth-order valence-corrected chi connectivity index (χ4v) is 3.01. The van der Waals surface area contributed by atoms with Crippen LogP contribution in [0.15, 0.2) is 12.1 Å². The van der Waals surface area contributed by atoms with Crippen molar-refractivity contribution in [2.45, 2.75) is 38.7 Å². The molecule has 0 aliphatic heterocycles. The van der Waals surface area contributed by atoms with Gasteiger partial charge in [0.05, 0.1) is 6.10 Å². The Bertz CT molecular complexity index is 461. The van der Waals surface area contributed by atoms with Crippen LogP contribution in [0.4, 0.5) is 13.2 Å². The molecular formula is C15H20F3NO. The topological polar surface area (TPSA) is 46.2 Å². The summed E-state index contributed by atoms with van der Waals surface area (Å²) in [6, 6.07) is 1.72. The number of aliphatic hydroxyl groups excluding tert-OH is 1. The molecule has 0 saturated heterocycles. The van der Waals surface area contributed by atoms with Crippen molar-refractivity contribution in [3.8, 4) is 0 Å². The molecule has 0 amide bonds. The number of benzene rings is 1. The summed E-state index contributed by atoms with van der Waals surface area (Å²) in [5, 5.41) is 10.5. The predicted molar refractivity (Wildman–Crippen MR) is 70.4 cm³/mol. The van der Waals surface area contributed by atoms with Crippen LogP contribution in [0.1, 0.15) is 44.3 Å². The third-order valence-corrected chi connectivity index (χ3v) is 4.58. The molecule has 5 heteroatoms. The molecule has 112 valence electrons. The van der Waals surface area contributed by atoms with Crippen molar-refractivity contribution in [2.24, 2.45) is 17.1 Å². The van der Waals surface area contributed by atoms with E-state index in [1.54, 1.807) is 0 Å². The third-order valence-electron chi connectivity index (χ3n) is 4.58. The molecule has 0 heterocycles. The number of hydrogen-bond donors (Lipinski definition) is 2. The lowest BCUT2D eigenvalue weighted by Gasteiger charge is -2.42. The van der Waals surface area contributed by atoms with E-state index in [2.05, 4.69) is 6.92 Å². The highest BCUT2D eigenvalue weighted by atomic mass is 19.2. The van der Waals surface area contributed by atoms with Crippen LogP contribution in [0.5, 0.6) is 0 Å². The van der Waals surface area contributed by atoms with Crippen LogP contribution in [0.2, 0.25) is 0 Å². The summed E-state index contributed by atoms with van der Waals surface area (Å²) < 4.78 is 39.6. The molecule has 0 aromatic heterocycles. The van der Waals surface area contributed by atoms with E-state index in [1.165, 1.54) is 0 Å². The lowest BCUT2D eigenvalue weighted by Crippen LogP contribution is -2.40. The Hall–Kier alpha value is -1.07. The summed E-state index contributed by atoms with van der Waals surface area (Å²) in [6.45, 7) is 2.37. The first kappa shape index (κ1) is 15.3. The molecule has 1 saturated carbocycles. The van der Waals surface area contributed by atoms with Gasteiger partial charge in [0, 0.05) is 12.0 Å². The summed E-state index contributed by atoms with van der Waals surface area (Å²) in [6.07, 6.45) is 2.16. The predicted octanol–water partition coefficient (Wildman–Crippen LogP) is 3.29. The SMILES string of the molecule is CC1CCC(CN)(C(O)c2cc(F)c(F)c(F)c2)CC1. The molecule has 1 aromatic carbocycles. The Kier molecular flexibility index (Phi) is 4.39. The minimum atomic E-state index is -1.51. The first-order valence-corrected chi connectivity index (χ1v) is 6.92. The van der Waals surface area contributed by atoms with Crippen molar-refractivity contribution in [3.05, 3.63) is 35.1 Å². The Morgan fingerprint density at radius 1 is 1.25 bits per heavy atom. The van der Waals surface area contributed by atoms with Gasteiger partial charge in [-0.05, 0) is 36.5 Å². The van der Waals surface area contributed by atoms with Crippen molar-refractivity contribution >= 4 is 0 Å². The molecule has 2 nitrogen and oxygen atoms in total. The molecule has 1 aliphatic rings. The lowest BCUT2D eigenvalue weighted by molar-refractivity contribution is -0.00861. The first-order chi connectivity index (χ1) is 9.39.